The smallest absolute Gasteiger partial charge is 0.208 e. The van der Waals surface area contributed by atoms with E-state index in [-0.39, 0.29) is 21.1 Å². The van der Waals surface area contributed by atoms with Crippen molar-refractivity contribution < 1.29 is 34.6 Å². The van der Waals surface area contributed by atoms with Crippen LogP contribution >= 0.6 is 0 Å². The molecule has 0 amide bonds. The molecule has 8 aromatic carbocycles. The van der Waals surface area contributed by atoms with E-state index in [0.717, 1.165) is 100 Å². The van der Waals surface area contributed by atoms with Crippen LogP contribution in [0.3, 0.4) is 0 Å². The zero-order valence-electron chi connectivity index (χ0n) is 35.3. The van der Waals surface area contributed by atoms with Gasteiger partial charge < -0.3 is 27.8 Å². The van der Waals surface area contributed by atoms with Crippen molar-refractivity contribution in [2.24, 2.45) is 0 Å². The van der Waals surface area contributed by atoms with Crippen LogP contribution in [0.2, 0.25) is 0 Å². The number of furan rings is 2. The number of aromatic nitrogens is 4. The maximum absolute atomic E-state index is 6.96. The van der Waals surface area contributed by atoms with Crippen molar-refractivity contribution in [3.8, 4) is 39.6 Å². The monoisotopic (exact) mass is 1040 g/mol. The first kappa shape index (κ1) is 39.0. The van der Waals surface area contributed by atoms with Crippen LogP contribution in [0.25, 0.3) is 99.8 Å². The third kappa shape index (κ3) is 6.12. The second-order valence-corrected chi connectivity index (χ2v) is 16.3. The number of rotatable bonds is 7. The number of pyridine rings is 1. The number of anilines is 2. The van der Waals surface area contributed by atoms with Gasteiger partial charge in [-0.15, -0.1) is 42.7 Å². The van der Waals surface area contributed by atoms with Gasteiger partial charge in [-0.25, -0.2) is 9.97 Å². The van der Waals surface area contributed by atoms with Crippen molar-refractivity contribution in [1.29, 1.82) is 0 Å². The van der Waals surface area contributed by atoms with Crippen molar-refractivity contribution >= 4 is 83.1 Å². The summed E-state index contributed by atoms with van der Waals surface area (Å²) in [5, 5.41) is 3.70. The summed E-state index contributed by atoms with van der Waals surface area (Å²) in [6, 6.07) is 67.0. The first-order chi connectivity index (χ1) is 32.7. The van der Waals surface area contributed by atoms with E-state index < -0.39 is 0 Å². The van der Waals surface area contributed by atoms with E-state index in [1.54, 1.807) is 6.20 Å². The van der Waals surface area contributed by atoms with Gasteiger partial charge in [-0.2, -0.15) is 0 Å². The summed E-state index contributed by atoms with van der Waals surface area (Å²) in [7, 11) is 0. The van der Waals surface area contributed by atoms with Crippen LogP contribution in [-0.4, -0.2) is 18.9 Å². The van der Waals surface area contributed by atoms with Gasteiger partial charge in [0.1, 0.15) is 22.6 Å². The predicted octanol–water partition coefficient (Wildman–Crippen LogP) is 14.3. The quantitative estimate of drug-likeness (QED) is 0.147. The molecule has 9 nitrogen and oxygen atoms in total. The van der Waals surface area contributed by atoms with Gasteiger partial charge in [-0.05, 0) is 77.0 Å². The summed E-state index contributed by atoms with van der Waals surface area (Å²) in [6.45, 7) is 2.09. The zero-order valence-corrected chi connectivity index (χ0v) is 37.5. The molecule has 0 radical (unpaired) electrons. The Kier molecular flexibility index (Phi) is 8.95. The van der Waals surface area contributed by atoms with E-state index in [1.165, 1.54) is 0 Å². The van der Waals surface area contributed by atoms with Crippen molar-refractivity contribution in [1.82, 2.24) is 18.9 Å². The largest absolute Gasteiger partial charge is 0.511 e. The summed E-state index contributed by atoms with van der Waals surface area (Å²) in [4.78, 5) is 14.1. The normalized spacial score (nSPS) is 12.8. The molecule has 322 valence electrons. The maximum atomic E-state index is 6.96. The van der Waals surface area contributed by atoms with Gasteiger partial charge in [-0.1, -0.05) is 121 Å². The molecule has 6 heterocycles. The molecule has 0 saturated carbocycles. The fraction of sp³-hybridized carbons (Fsp3) is 0. The second kappa shape index (κ2) is 15.4. The predicted molar refractivity (Wildman–Crippen MR) is 262 cm³/mol. The molecule has 0 saturated heterocycles. The van der Waals surface area contributed by atoms with E-state index in [1.807, 2.05) is 89.5 Å². The molecule has 0 N–H and O–H groups in total. The van der Waals surface area contributed by atoms with Crippen LogP contribution in [0.5, 0.6) is 11.5 Å². The van der Waals surface area contributed by atoms with E-state index in [9.17, 15) is 0 Å². The second-order valence-electron chi connectivity index (χ2n) is 16.3. The van der Waals surface area contributed by atoms with Crippen LogP contribution in [0.15, 0.2) is 203 Å². The van der Waals surface area contributed by atoms with E-state index in [0.29, 0.717) is 22.7 Å². The molecule has 0 aliphatic carbocycles. The number of fused-ring (bicyclic) bond motifs is 12. The fourth-order valence-corrected chi connectivity index (χ4v) is 9.58. The number of imidazole rings is 2. The Bertz CT molecular complexity index is 4020. The van der Waals surface area contributed by atoms with E-state index in [4.69, 9.17) is 23.5 Å². The third-order valence-corrected chi connectivity index (χ3v) is 12.5. The number of nitrogens with zero attached hydrogens (tertiary/aromatic N) is 6. The number of benzene rings is 8. The van der Waals surface area contributed by atoms with Crippen LogP contribution in [0.1, 0.15) is 0 Å². The first-order valence-corrected chi connectivity index (χ1v) is 21.7. The Hall–Kier alpha value is -8.39. The van der Waals surface area contributed by atoms with Crippen molar-refractivity contribution in [3.63, 3.8) is 0 Å². The standard InChI is InChI=1S/C57H33N6O3.Pt/c1-3-14-36(15-4-1)40-19-13-20-41(37-16-5-2-6-17-37)54(40)61-31-30-60(35-61)38-32-44-42-26-28-50-53(43-18-7-10-23-49(43)65-50)56(42)66-55(44)51(33-38)64-39-25-27-47-48(34-39)63(52-24-11-12-29-58-52)57-59-45-21-8-9-22-46(45)62(47)57;/h1-32,35H;/q-3;. The van der Waals surface area contributed by atoms with E-state index >= 15 is 0 Å². The Labute approximate surface area is 397 Å². The van der Waals surface area contributed by atoms with Crippen molar-refractivity contribution in [2.75, 3.05) is 9.80 Å². The van der Waals surface area contributed by atoms with Gasteiger partial charge in [0.15, 0.2) is 0 Å². The maximum Gasteiger partial charge on any atom is 0.208 e. The van der Waals surface area contributed by atoms with Crippen molar-refractivity contribution in [2.45, 2.75) is 0 Å². The molecule has 14 rings (SSSR count). The Morgan fingerprint density at radius 1 is 0.567 bits per heavy atom. The summed E-state index contributed by atoms with van der Waals surface area (Å²) in [5.74, 6) is 2.34. The molecule has 13 aromatic rings. The minimum atomic E-state index is 0. The van der Waals surface area contributed by atoms with Gasteiger partial charge in [-0.3, -0.25) is 4.57 Å². The summed E-state index contributed by atoms with van der Waals surface area (Å²) < 4.78 is 24.4. The van der Waals surface area contributed by atoms with Crippen molar-refractivity contribution in [3.05, 3.63) is 213 Å². The Balaban J connectivity index is 0.00000446. The SMILES string of the molecule is [Pt].[c-]1c(N2C=CN(c3c(-c4ccccc4)cccc3-c3ccccc3)[CH-]2)cc2c(oc3c2ccc2oc4ccccc4c23)c1Oc1[c-]c2c(cc1)n1c3ccccc3nc1n2-c1ccccn1. The molecular formula is C57H33N6O3Pt-3. The Morgan fingerprint density at radius 2 is 1.31 bits per heavy atom. The van der Waals surface area contributed by atoms with Crippen LogP contribution in [0.4, 0.5) is 11.4 Å². The van der Waals surface area contributed by atoms with Gasteiger partial charge >= 0.3 is 0 Å². The topological polar surface area (TPSA) is 77.1 Å². The molecule has 0 spiro atoms. The number of hydrogen-bond donors (Lipinski definition) is 0. The average molecular weight is 1050 g/mol. The third-order valence-electron chi connectivity index (χ3n) is 12.5. The van der Waals surface area contributed by atoms with Gasteiger partial charge in [0.25, 0.3) is 0 Å². The molecule has 67 heavy (non-hydrogen) atoms. The Morgan fingerprint density at radius 3 is 2.12 bits per heavy atom. The van der Waals surface area contributed by atoms with Gasteiger partial charge in [0.05, 0.1) is 27.8 Å². The van der Waals surface area contributed by atoms with Crippen LogP contribution in [0, 0.1) is 18.8 Å². The molecule has 1 aliphatic heterocycles. The minimum Gasteiger partial charge on any atom is -0.511 e. The van der Waals surface area contributed by atoms with Gasteiger partial charge in [0, 0.05) is 60.6 Å². The molecule has 0 atom stereocenters. The summed E-state index contributed by atoms with van der Waals surface area (Å²) >= 11 is 0. The molecule has 5 aromatic heterocycles. The molecule has 0 fully saturated rings. The van der Waals surface area contributed by atoms with Crippen LogP contribution < -0.4 is 14.5 Å². The minimum absolute atomic E-state index is 0. The summed E-state index contributed by atoms with van der Waals surface area (Å²) in [6.07, 6.45) is 5.93. The molecule has 10 heteroatoms. The zero-order chi connectivity index (χ0) is 43.3. The molecule has 1 aliphatic rings. The number of hydrogen-bond acceptors (Lipinski definition) is 7. The molecular weight excluding hydrogens is 1010 g/mol. The number of para-hydroxylation sites is 4. The summed E-state index contributed by atoms with van der Waals surface area (Å²) in [5.41, 5.74) is 12.7. The number of ether oxygens (including phenoxy) is 1. The van der Waals surface area contributed by atoms with E-state index in [2.05, 4.69) is 136 Å². The van der Waals surface area contributed by atoms with Crippen LogP contribution in [-0.2, 0) is 21.1 Å². The fourth-order valence-electron chi connectivity index (χ4n) is 9.58. The average Bonchev–Trinajstić information content (AvgIpc) is 4.21. The molecule has 0 bridgehead atoms. The van der Waals surface area contributed by atoms with Gasteiger partial charge in [0.2, 0.25) is 5.78 Å². The molecule has 0 unspecified atom stereocenters. The first-order valence-electron chi connectivity index (χ1n) is 21.7.